The Morgan fingerprint density at radius 2 is 2.03 bits per heavy atom. The molecular formula is C20H25N3O4S2. The molecule has 1 atom stereocenters. The van der Waals surface area contributed by atoms with Gasteiger partial charge in [0, 0.05) is 30.5 Å². The summed E-state index contributed by atoms with van der Waals surface area (Å²) in [5.41, 5.74) is 1.31. The van der Waals surface area contributed by atoms with Gasteiger partial charge in [-0.25, -0.2) is 13.4 Å². The summed E-state index contributed by atoms with van der Waals surface area (Å²) in [7, 11) is -3.35. The number of sulfonamides is 1. The van der Waals surface area contributed by atoms with Crippen LogP contribution in [0.3, 0.4) is 0 Å². The predicted molar refractivity (Wildman–Crippen MR) is 114 cm³/mol. The third-order valence-corrected chi connectivity index (χ3v) is 7.96. The Balaban J connectivity index is 1.55. The molecule has 0 bridgehead atoms. The first-order valence-electron chi connectivity index (χ1n) is 9.91. The van der Waals surface area contributed by atoms with Crippen molar-refractivity contribution in [3.8, 4) is 0 Å². The van der Waals surface area contributed by atoms with Crippen LogP contribution in [-0.2, 0) is 19.6 Å². The first kappa shape index (κ1) is 20.3. The molecule has 1 amide bonds. The summed E-state index contributed by atoms with van der Waals surface area (Å²) in [5.74, 6) is -0.108. The smallest absolute Gasteiger partial charge is 0.235 e. The summed E-state index contributed by atoms with van der Waals surface area (Å²) in [6, 6.07) is 7.20. The van der Waals surface area contributed by atoms with Crippen molar-refractivity contribution < 1.29 is 17.9 Å². The molecule has 1 unspecified atom stereocenters. The molecule has 9 heteroatoms. The highest BCUT2D eigenvalue weighted by molar-refractivity contribution is 7.93. The number of aromatic nitrogens is 1. The number of carbonyl (C=O) groups excluding carboxylic acids is 1. The van der Waals surface area contributed by atoms with Gasteiger partial charge in [-0.3, -0.25) is 9.52 Å². The van der Waals surface area contributed by atoms with Crippen LogP contribution < -0.4 is 10.0 Å². The Bertz CT molecular complexity index is 936. The van der Waals surface area contributed by atoms with Crippen molar-refractivity contribution in [3.05, 3.63) is 41.4 Å². The van der Waals surface area contributed by atoms with Crippen LogP contribution in [0.5, 0.6) is 0 Å². The summed E-state index contributed by atoms with van der Waals surface area (Å²) in [6.07, 6.45) is 5.61. The number of nitrogens with one attached hydrogen (secondary N) is 2. The number of ether oxygens (including phenoxy) is 1. The van der Waals surface area contributed by atoms with Gasteiger partial charge in [-0.2, -0.15) is 0 Å². The zero-order valence-corrected chi connectivity index (χ0v) is 17.7. The minimum absolute atomic E-state index is 0.117. The topological polar surface area (TPSA) is 97.4 Å². The zero-order valence-electron chi connectivity index (χ0n) is 16.0. The number of nitrogens with zero attached hydrogens (tertiary/aromatic N) is 1. The highest BCUT2D eigenvalue weighted by atomic mass is 32.2. The van der Waals surface area contributed by atoms with Gasteiger partial charge in [-0.15, -0.1) is 11.3 Å². The van der Waals surface area contributed by atoms with Crippen molar-refractivity contribution in [2.24, 2.45) is 5.92 Å². The molecule has 156 valence electrons. The monoisotopic (exact) mass is 435 g/mol. The molecule has 2 heterocycles. The number of rotatable bonds is 8. The van der Waals surface area contributed by atoms with Crippen LogP contribution in [0.4, 0.5) is 10.8 Å². The van der Waals surface area contributed by atoms with Gasteiger partial charge >= 0.3 is 0 Å². The van der Waals surface area contributed by atoms with Gasteiger partial charge in [0.15, 0.2) is 5.13 Å². The van der Waals surface area contributed by atoms with Crippen LogP contribution in [-0.4, -0.2) is 37.8 Å². The number of hydrogen-bond acceptors (Lipinski definition) is 6. The molecule has 4 rings (SSSR count). The van der Waals surface area contributed by atoms with Crippen molar-refractivity contribution in [3.63, 3.8) is 0 Å². The lowest BCUT2D eigenvalue weighted by molar-refractivity contribution is -0.118. The minimum Gasteiger partial charge on any atom is -0.381 e. The van der Waals surface area contributed by atoms with E-state index in [0.29, 0.717) is 49.2 Å². The largest absolute Gasteiger partial charge is 0.381 e. The van der Waals surface area contributed by atoms with E-state index >= 15 is 0 Å². The first-order valence-corrected chi connectivity index (χ1v) is 12.3. The molecule has 1 aromatic heterocycles. The third-order valence-electron chi connectivity index (χ3n) is 5.40. The van der Waals surface area contributed by atoms with Crippen LogP contribution in [0.1, 0.15) is 43.6 Å². The Kier molecular flexibility index (Phi) is 6.17. The van der Waals surface area contributed by atoms with Crippen LogP contribution in [0.25, 0.3) is 0 Å². The Morgan fingerprint density at radius 1 is 1.24 bits per heavy atom. The lowest BCUT2D eigenvalue weighted by Gasteiger charge is -2.26. The number of thiazole rings is 1. The summed E-state index contributed by atoms with van der Waals surface area (Å²) in [5, 5.41) is 4.99. The molecule has 0 spiro atoms. The van der Waals surface area contributed by atoms with Crippen molar-refractivity contribution in [2.75, 3.05) is 23.3 Å². The van der Waals surface area contributed by atoms with Gasteiger partial charge in [0.25, 0.3) is 0 Å². The average molecular weight is 436 g/mol. The maximum Gasteiger partial charge on any atom is 0.235 e. The lowest BCUT2D eigenvalue weighted by atomic mass is 9.84. The summed E-state index contributed by atoms with van der Waals surface area (Å²) in [4.78, 5) is 17.2. The fraction of sp³-hybridized carbons (Fsp3) is 0.500. The van der Waals surface area contributed by atoms with E-state index in [1.807, 2.05) is 11.4 Å². The Labute approximate surface area is 174 Å². The molecule has 29 heavy (non-hydrogen) atoms. The number of anilines is 2. The SMILES string of the molecule is O=C(Nc1nccs1)C(CC1CCOCC1)c1cccc(NS(=O)(=O)C2CC2)c1. The third kappa shape index (κ3) is 5.34. The van der Waals surface area contributed by atoms with Gasteiger partial charge < -0.3 is 10.1 Å². The second-order valence-electron chi connectivity index (χ2n) is 7.64. The van der Waals surface area contributed by atoms with Crippen LogP contribution >= 0.6 is 11.3 Å². The van der Waals surface area contributed by atoms with E-state index in [9.17, 15) is 13.2 Å². The van der Waals surface area contributed by atoms with Crippen LogP contribution in [0.15, 0.2) is 35.8 Å². The van der Waals surface area contributed by atoms with Gasteiger partial charge in [0.1, 0.15) is 0 Å². The quantitative estimate of drug-likeness (QED) is 0.660. The normalized spacial score (nSPS) is 18.9. The van der Waals surface area contributed by atoms with Gasteiger partial charge in [0.05, 0.1) is 11.2 Å². The summed E-state index contributed by atoms with van der Waals surface area (Å²) < 4.78 is 32.7. The molecule has 2 N–H and O–H groups in total. The van der Waals surface area contributed by atoms with Gasteiger partial charge in [-0.05, 0) is 55.7 Å². The molecule has 1 aliphatic carbocycles. The van der Waals surface area contributed by atoms with Crippen molar-refractivity contribution in [1.29, 1.82) is 0 Å². The van der Waals surface area contributed by atoms with Crippen molar-refractivity contribution in [1.82, 2.24) is 4.98 Å². The van der Waals surface area contributed by atoms with E-state index in [0.717, 1.165) is 18.4 Å². The van der Waals surface area contributed by atoms with Gasteiger partial charge in [0.2, 0.25) is 15.9 Å². The molecule has 1 aromatic carbocycles. The molecular weight excluding hydrogens is 410 g/mol. The van der Waals surface area contributed by atoms with E-state index in [1.54, 1.807) is 24.4 Å². The molecule has 0 radical (unpaired) electrons. The second kappa shape index (κ2) is 8.81. The number of amides is 1. The molecule has 2 fully saturated rings. The molecule has 1 aliphatic heterocycles. The van der Waals surface area contributed by atoms with Crippen LogP contribution in [0, 0.1) is 5.92 Å². The first-order chi connectivity index (χ1) is 14.0. The predicted octanol–water partition coefficient (Wildman–Crippen LogP) is 3.59. The van der Waals surface area contributed by atoms with E-state index < -0.39 is 10.0 Å². The maximum atomic E-state index is 13.1. The summed E-state index contributed by atoms with van der Waals surface area (Å²) >= 11 is 1.38. The van der Waals surface area contributed by atoms with Crippen molar-refractivity contribution >= 4 is 38.1 Å². The van der Waals surface area contributed by atoms with E-state index in [2.05, 4.69) is 15.0 Å². The molecule has 1 saturated carbocycles. The molecule has 2 aromatic rings. The minimum atomic E-state index is -3.35. The Morgan fingerprint density at radius 3 is 2.72 bits per heavy atom. The highest BCUT2D eigenvalue weighted by Gasteiger charge is 2.36. The number of hydrogen-bond donors (Lipinski definition) is 2. The standard InChI is InChI=1S/C20H25N3O4S2/c24-19(22-20-21-8-11-28-20)18(12-14-6-9-27-10-7-14)15-2-1-3-16(13-15)23-29(25,26)17-4-5-17/h1-3,8,11,13-14,17-18,23H,4-7,9-10,12H2,(H,21,22,24). The molecule has 2 aliphatic rings. The maximum absolute atomic E-state index is 13.1. The van der Waals surface area contributed by atoms with E-state index in [-0.39, 0.29) is 17.1 Å². The van der Waals surface area contributed by atoms with E-state index in [1.165, 1.54) is 11.3 Å². The lowest BCUT2D eigenvalue weighted by Crippen LogP contribution is -2.26. The van der Waals surface area contributed by atoms with Gasteiger partial charge in [-0.1, -0.05) is 12.1 Å². The fourth-order valence-electron chi connectivity index (χ4n) is 3.63. The average Bonchev–Trinajstić information content (AvgIpc) is 3.46. The van der Waals surface area contributed by atoms with Crippen LogP contribution in [0.2, 0.25) is 0 Å². The van der Waals surface area contributed by atoms with Crippen molar-refractivity contribution in [2.45, 2.75) is 43.3 Å². The Hall–Kier alpha value is -1.97. The summed E-state index contributed by atoms with van der Waals surface area (Å²) in [6.45, 7) is 1.43. The molecule has 7 nitrogen and oxygen atoms in total. The fourth-order valence-corrected chi connectivity index (χ4v) is 5.54. The zero-order chi connectivity index (χ0) is 20.3. The number of benzene rings is 1. The molecule has 1 saturated heterocycles. The highest BCUT2D eigenvalue weighted by Crippen LogP contribution is 2.33. The number of carbonyl (C=O) groups is 1. The second-order valence-corrected chi connectivity index (χ2v) is 10.5. The van der Waals surface area contributed by atoms with E-state index in [4.69, 9.17) is 4.74 Å².